The normalized spacial score (nSPS) is 25.4. The standard InChI is InChI=1S/C14H25N3O2/c1-9(2)13-15-14(19-16-13)10(3)17(4)8-11-6-5-7-12(11)18/h9-12,18H,5-8H2,1-4H3. The van der Waals surface area contributed by atoms with Crippen LogP contribution in [0.15, 0.2) is 4.52 Å². The number of aliphatic hydroxyl groups excluding tert-OH is 1. The van der Waals surface area contributed by atoms with Gasteiger partial charge in [-0.15, -0.1) is 0 Å². The second kappa shape index (κ2) is 6.01. The van der Waals surface area contributed by atoms with Gasteiger partial charge in [0, 0.05) is 12.5 Å². The van der Waals surface area contributed by atoms with E-state index in [1.807, 2.05) is 0 Å². The van der Waals surface area contributed by atoms with Crippen molar-refractivity contribution in [2.24, 2.45) is 5.92 Å². The van der Waals surface area contributed by atoms with Gasteiger partial charge in [0.1, 0.15) is 0 Å². The SMILES string of the molecule is CC(C)c1noc(C(C)N(C)CC2CCCC2O)n1. The van der Waals surface area contributed by atoms with Crippen molar-refractivity contribution in [1.82, 2.24) is 15.0 Å². The predicted octanol–water partition coefficient (Wildman–Crippen LogP) is 2.35. The molecule has 0 spiro atoms. The Labute approximate surface area is 115 Å². The molecular weight excluding hydrogens is 242 g/mol. The Balaban J connectivity index is 1.95. The zero-order valence-electron chi connectivity index (χ0n) is 12.3. The summed E-state index contributed by atoms with van der Waals surface area (Å²) in [6, 6.07) is 0.0906. The minimum Gasteiger partial charge on any atom is -0.393 e. The average molecular weight is 267 g/mol. The Morgan fingerprint density at radius 3 is 2.63 bits per heavy atom. The summed E-state index contributed by atoms with van der Waals surface area (Å²) in [4.78, 5) is 6.63. The van der Waals surface area contributed by atoms with E-state index in [2.05, 4.69) is 42.9 Å². The molecule has 1 saturated carbocycles. The van der Waals surface area contributed by atoms with Gasteiger partial charge in [-0.25, -0.2) is 0 Å². The zero-order valence-corrected chi connectivity index (χ0v) is 12.3. The van der Waals surface area contributed by atoms with Gasteiger partial charge in [0.05, 0.1) is 12.1 Å². The maximum absolute atomic E-state index is 9.89. The highest BCUT2D eigenvalue weighted by Crippen LogP contribution is 2.28. The van der Waals surface area contributed by atoms with Crippen molar-refractivity contribution >= 4 is 0 Å². The maximum Gasteiger partial charge on any atom is 0.243 e. The van der Waals surface area contributed by atoms with Crippen molar-refractivity contribution in [3.8, 4) is 0 Å². The second-order valence-electron chi connectivity index (χ2n) is 6.02. The first-order chi connectivity index (χ1) is 8.99. The molecule has 1 aliphatic rings. The number of hydrogen-bond acceptors (Lipinski definition) is 5. The molecule has 2 rings (SSSR count). The largest absolute Gasteiger partial charge is 0.393 e. The highest BCUT2D eigenvalue weighted by Gasteiger charge is 2.29. The monoisotopic (exact) mass is 267 g/mol. The summed E-state index contributed by atoms with van der Waals surface area (Å²) >= 11 is 0. The molecule has 1 aliphatic carbocycles. The number of rotatable bonds is 5. The minimum absolute atomic E-state index is 0.0906. The van der Waals surface area contributed by atoms with Crippen LogP contribution >= 0.6 is 0 Å². The molecule has 5 heteroatoms. The van der Waals surface area contributed by atoms with Gasteiger partial charge in [-0.2, -0.15) is 4.98 Å². The number of aromatic nitrogens is 2. The average Bonchev–Trinajstić information content (AvgIpc) is 2.98. The van der Waals surface area contributed by atoms with Crippen LogP contribution in [0, 0.1) is 5.92 Å². The molecule has 0 amide bonds. The molecule has 0 bridgehead atoms. The number of hydrogen-bond donors (Lipinski definition) is 1. The van der Waals surface area contributed by atoms with Crippen molar-refractivity contribution in [1.29, 1.82) is 0 Å². The van der Waals surface area contributed by atoms with Gasteiger partial charge in [-0.1, -0.05) is 25.4 Å². The van der Waals surface area contributed by atoms with Crippen LogP contribution in [-0.4, -0.2) is 39.8 Å². The lowest BCUT2D eigenvalue weighted by Gasteiger charge is -2.26. The third-order valence-electron chi connectivity index (χ3n) is 4.13. The molecule has 19 heavy (non-hydrogen) atoms. The molecule has 3 unspecified atom stereocenters. The summed E-state index contributed by atoms with van der Waals surface area (Å²) in [5.74, 6) is 2.08. The molecule has 3 atom stereocenters. The molecule has 1 fully saturated rings. The van der Waals surface area contributed by atoms with Gasteiger partial charge in [-0.3, -0.25) is 4.90 Å². The van der Waals surface area contributed by atoms with Crippen LogP contribution in [0.1, 0.15) is 63.7 Å². The first kappa shape index (κ1) is 14.5. The van der Waals surface area contributed by atoms with E-state index in [9.17, 15) is 5.11 Å². The highest BCUT2D eigenvalue weighted by atomic mass is 16.5. The van der Waals surface area contributed by atoms with Gasteiger partial charge in [-0.05, 0) is 32.7 Å². The van der Waals surface area contributed by atoms with E-state index < -0.39 is 0 Å². The summed E-state index contributed by atoms with van der Waals surface area (Å²) in [6.07, 6.45) is 3.03. The lowest BCUT2D eigenvalue weighted by molar-refractivity contribution is 0.0930. The van der Waals surface area contributed by atoms with Crippen LogP contribution in [0.4, 0.5) is 0 Å². The summed E-state index contributed by atoms with van der Waals surface area (Å²) < 4.78 is 5.33. The van der Waals surface area contributed by atoms with Gasteiger partial charge in [0.2, 0.25) is 5.89 Å². The molecule has 1 aromatic rings. The summed E-state index contributed by atoms with van der Waals surface area (Å²) in [5, 5.41) is 13.9. The number of nitrogens with zero attached hydrogens (tertiary/aromatic N) is 3. The van der Waals surface area contributed by atoms with Crippen molar-refractivity contribution in [2.45, 2.75) is 58.1 Å². The summed E-state index contributed by atoms with van der Waals surface area (Å²) in [5.41, 5.74) is 0. The van der Waals surface area contributed by atoms with Crippen molar-refractivity contribution in [3.63, 3.8) is 0 Å². The van der Waals surface area contributed by atoms with Gasteiger partial charge < -0.3 is 9.63 Å². The molecule has 0 radical (unpaired) electrons. The fourth-order valence-corrected chi connectivity index (χ4v) is 2.60. The Kier molecular flexibility index (Phi) is 4.58. The van der Waals surface area contributed by atoms with Crippen LogP contribution in [0.2, 0.25) is 0 Å². The molecular formula is C14H25N3O2. The Bertz CT molecular complexity index is 405. The summed E-state index contributed by atoms with van der Waals surface area (Å²) in [7, 11) is 2.05. The van der Waals surface area contributed by atoms with Crippen LogP contribution < -0.4 is 0 Å². The Hall–Kier alpha value is -0.940. The van der Waals surface area contributed by atoms with Crippen molar-refractivity contribution in [2.75, 3.05) is 13.6 Å². The third kappa shape index (κ3) is 3.34. The second-order valence-corrected chi connectivity index (χ2v) is 6.02. The molecule has 0 aromatic carbocycles. The van der Waals surface area contributed by atoms with Crippen molar-refractivity contribution < 1.29 is 9.63 Å². The van der Waals surface area contributed by atoms with Crippen LogP contribution in [0.5, 0.6) is 0 Å². The molecule has 0 saturated heterocycles. The topological polar surface area (TPSA) is 62.4 Å². The lowest BCUT2D eigenvalue weighted by Crippen LogP contribution is -2.32. The van der Waals surface area contributed by atoms with Crippen LogP contribution in [-0.2, 0) is 0 Å². The summed E-state index contributed by atoms with van der Waals surface area (Å²) in [6.45, 7) is 7.05. The van der Waals surface area contributed by atoms with Gasteiger partial charge in [0.15, 0.2) is 5.82 Å². The predicted molar refractivity (Wildman–Crippen MR) is 72.8 cm³/mol. The Morgan fingerprint density at radius 1 is 1.37 bits per heavy atom. The highest BCUT2D eigenvalue weighted by molar-refractivity contribution is 4.95. The minimum atomic E-state index is -0.149. The van der Waals surface area contributed by atoms with E-state index in [1.165, 1.54) is 0 Å². The maximum atomic E-state index is 9.89. The van der Waals surface area contributed by atoms with E-state index in [4.69, 9.17) is 4.52 Å². The fraction of sp³-hybridized carbons (Fsp3) is 0.857. The molecule has 108 valence electrons. The van der Waals surface area contributed by atoms with Crippen LogP contribution in [0.25, 0.3) is 0 Å². The van der Waals surface area contributed by atoms with E-state index in [0.29, 0.717) is 11.8 Å². The van der Waals surface area contributed by atoms with E-state index in [1.54, 1.807) is 0 Å². The quantitative estimate of drug-likeness (QED) is 0.887. The van der Waals surface area contributed by atoms with Gasteiger partial charge in [0.25, 0.3) is 0 Å². The lowest BCUT2D eigenvalue weighted by atomic mass is 10.0. The third-order valence-corrected chi connectivity index (χ3v) is 4.13. The number of aliphatic hydroxyl groups is 1. The Morgan fingerprint density at radius 2 is 2.11 bits per heavy atom. The van der Waals surface area contributed by atoms with E-state index >= 15 is 0 Å². The molecule has 1 N–H and O–H groups in total. The molecule has 1 heterocycles. The zero-order chi connectivity index (χ0) is 14.0. The van der Waals surface area contributed by atoms with Crippen LogP contribution in [0.3, 0.4) is 0 Å². The molecule has 1 aromatic heterocycles. The molecule has 0 aliphatic heterocycles. The van der Waals surface area contributed by atoms with Gasteiger partial charge >= 0.3 is 0 Å². The van der Waals surface area contributed by atoms with Crippen molar-refractivity contribution in [3.05, 3.63) is 11.7 Å². The van der Waals surface area contributed by atoms with E-state index in [-0.39, 0.29) is 18.1 Å². The molecule has 5 nitrogen and oxygen atoms in total. The first-order valence-electron chi connectivity index (χ1n) is 7.20. The van der Waals surface area contributed by atoms with E-state index in [0.717, 1.165) is 31.6 Å². The smallest absolute Gasteiger partial charge is 0.243 e. The first-order valence-corrected chi connectivity index (χ1v) is 7.20. The fourth-order valence-electron chi connectivity index (χ4n) is 2.60.